The highest BCUT2D eigenvalue weighted by molar-refractivity contribution is 5.98. The molecule has 2 rings (SSSR count). The molecule has 0 unspecified atom stereocenters. The zero-order valence-electron chi connectivity index (χ0n) is 14.0. The highest BCUT2D eigenvalue weighted by Gasteiger charge is 2.38. The molecule has 4 N–H and O–H groups in total. The second kappa shape index (κ2) is 9.61. The summed E-state index contributed by atoms with van der Waals surface area (Å²) >= 11 is 0. The molecule has 2 amide bonds. The average Bonchev–Trinajstić information content (AvgIpc) is 2.60. The lowest BCUT2D eigenvalue weighted by Crippen LogP contribution is -2.46. The quantitative estimate of drug-likeness (QED) is 0.727. The molecule has 0 bridgehead atoms. The van der Waals surface area contributed by atoms with Crippen LogP contribution in [0.3, 0.4) is 0 Å². The zero-order chi connectivity index (χ0) is 16.7. The Hall–Kier alpha value is -1.63. The van der Waals surface area contributed by atoms with E-state index in [0.717, 1.165) is 6.42 Å². The van der Waals surface area contributed by atoms with Crippen molar-refractivity contribution < 1.29 is 14.3 Å². The molecule has 1 aliphatic heterocycles. The SMILES string of the molecule is CCCNC(=O)c1cccc(NC(=O)C2(CN)CCOCC2)c1.Cl. The lowest BCUT2D eigenvalue weighted by atomic mass is 9.79. The van der Waals surface area contributed by atoms with Crippen LogP contribution in [-0.2, 0) is 9.53 Å². The maximum absolute atomic E-state index is 12.6. The summed E-state index contributed by atoms with van der Waals surface area (Å²) in [5, 5.41) is 5.72. The molecule has 1 aromatic rings. The maximum atomic E-state index is 12.6. The smallest absolute Gasteiger partial charge is 0.251 e. The fourth-order valence-electron chi connectivity index (χ4n) is 2.63. The van der Waals surface area contributed by atoms with E-state index in [1.165, 1.54) is 0 Å². The zero-order valence-corrected chi connectivity index (χ0v) is 14.8. The van der Waals surface area contributed by atoms with Crippen LogP contribution in [0.1, 0.15) is 36.5 Å². The summed E-state index contributed by atoms with van der Waals surface area (Å²) in [5.74, 6) is -0.239. The Morgan fingerprint density at radius 1 is 1.29 bits per heavy atom. The van der Waals surface area contributed by atoms with Gasteiger partial charge in [-0.1, -0.05) is 13.0 Å². The molecular weight excluding hydrogens is 330 g/mol. The first-order valence-corrected chi connectivity index (χ1v) is 8.09. The number of amides is 2. The highest BCUT2D eigenvalue weighted by Crippen LogP contribution is 2.31. The third-order valence-electron chi connectivity index (χ3n) is 4.24. The van der Waals surface area contributed by atoms with Crippen LogP contribution in [0.2, 0.25) is 0 Å². The van der Waals surface area contributed by atoms with E-state index in [-0.39, 0.29) is 24.2 Å². The molecule has 24 heavy (non-hydrogen) atoms. The number of nitrogens with one attached hydrogen (secondary N) is 2. The lowest BCUT2D eigenvalue weighted by molar-refractivity contribution is -0.130. The first kappa shape index (κ1) is 20.4. The van der Waals surface area contributed by atoms with Gasteiger partial charge in [0.05, 0.1) is 5.41 Å². The van der Waals surface area contributed by atoms with Crippen LogP contribution < -0.4 is 16.4 Å². The van der Waals surface area contributed by atoms with Crippen molar-refractivity contribution in [2.45, 2.75) is 26.2 Å². The Balaban J connectivity index is 0.00000288. The molecule has 1 fully saturated rings. The van der Waals surface area contributed by atoms with Crippen molar-refractivity contribution in [2.75, 3.05) is 31.6 Å². The molecule has 0 aromatic heterocycles. The largest absolute Gasteiger partial charge is 0.381 e. The summed E-state index contributed by atoms with van der Waals surface area (Å²) in [6.45, 7) is 4.01. The molecule has 1 aliphatic rings. The third kappa shape index (κ3) is 4.93. The minimum absolute atomic E-state index is 0. The monoisotopic (exact) mass is 355 g/mol. The van der Waals surface area contributed by atoms with Crippen molar-refractivity contribution in [3.63, 3.8) is 0 Å². The van der Waals surface area contributed by atoms with Gasteiger partial charge in [-0.15, -0.1) is 12.4 Å². The van der Waals surface area contributed by atoms with E-state index in [1.54, 1.807) is 24.3 Å². The predicted octanol–water partition coefficient (Wildman–Crippen LogP) is 1.94. The first-order valence-electron chi connectivity index (χ1n) is 8.09. The topological polar surface area (TPSA) is 93.5 Å². The van der Waals surface area contributed by atoms with Crippen LogP contribution in [0.25, 0.3) is 0 Å². The van der Waals surface area contributed by atoms with Crippen LogP contribution in [0.5, 0.6) is 0 Å². The van der Waals surface area contributed by atoms with E-state index >= 15 is 0 Å². The molecule has 1 aromatic carbocycles. The van der Waals surface area contributed by atoms with Crippen LogP contribution in [0.4, 0.5) is 5.69 Å². The van der Waals surface area contributed by atoms with E-state index < -0.39 is 5.41 Å². The van der Waals surface area contributed by atoms with Crippen molar-refractivity contribution >= 4 is 29.9 Å². The number of nitrogens with two attached hydrogens (primary N) is 1. The molecule has 0 spiro atoms. The van der Waals surface area contributed by atoms with Crippen LogP contribution in [-0.4, -0.2) is 38.1 Å². The maximum Gasteiger partial charge on any atom is 0.251 e. The summed E-state index contributed by atoms with van der Waals surface area (Å²) in [6, 6.07) is 6.95. The number of rotatable bonds is 6. The van der Waals surface area contributed by atoms with Crippen LogP contribution >= 0.6 is 12.4 Å². The molecule has 1 saturated heterocycles. The summed E-state index contributed by atoms with van der Waals surface area (Å²) in [4.78, 5) is 24.6. The van der Waals surface area contributed by atoms with E-state index in [0.29, 0.717) is 50.4 Å². The number of halogens is 1. The summed E-state index contributed by atoms with van der Waals surface area (Å²) in [5.41, 5.74) is 6.40. The van der Waals surface area contributed by atoms with Gasteiger partial charge in [-0.3, -0.25) is 9.59 Å². The second-order valence-electron chi connectivity index (χ2n) is 5.89. The van der Waals surface area contributed by atoms with E-state index in [4.69, 9.17) is 10.5 Å². The highest BCUT2D eigenvalue weighted by atomic mass is 35.5. The van der Waals surface area contributed by atoms with Crippen LogP contribution in [0.15, 0.2) is 24.3 Å². The van der Waals surface area contributed by atoms with Gasteiger partial charge in [0.1, 0.15) is 0 Å². The van der Waals surface area contributed by atoms with E-state index in [9.17, 15) is 9.59 Å². The first-order chi connectivity index (χ1) is 11.1. The molecular formula is C17H26ClN3O3. The number of carbonyl (C=O) groups is 2. The normalized spacial score (nSPS) is 15.9. The predicted molar refractivity (Wildman–Crippen MR) is 96.5 cm³/mol. The van der Waals surface area contributed by atoms with E-state index in [1.807, 2.05) is 6.92 Å². The second-order valence-corrected chi connectivity index (χ2v) is 5.89. The number of benzene rings is 1. The van der Waals surface area contributed by atoms with Crippen molar-refractivity contribution in [3.8, 4) is 0 Å². The van der Waals surface area contributed by atoms with Gasteiger partial charge in [0.25, 0.3) is 5.91 Å². The molecule has 0 aliphatic carbocycles. The number of carbonyl (C=O) groups excluding carboxylic acids is 2. The molecule has 1 heterocycles. The molecule has 0 radical (unpaired) electrons. The summed E-state index contributed by atoms with van der Waals surface area (Å²) in [6.07, 6.45) is 2.11. The fraction of sp³-hybridized carbons (Fsp3) is 0.529. The molecule has 0 saturated carbocycles. The number of hydrogen-bond donors (Lipinski definition) is 3. The van der Waals surface area contributed by atoms with E-state index in [2.05, 4.69) is 10.6 Å². The van der Waals surface area contributed by atoms with Gasteiger partial charge in [0.2, 0.25) is 5.91 Å². The van der Waals surface area contributed by atoms with Crippen molar-refractivity contribution in [3.05, 3.63) is 29.8 Å². The minimum Gasteiger partial charge on any atom is -0.381 e. The lowest BCUT2D eigenvalue weighted by Gasteiger charge is -2.34. The van der Waals surface area contributed by atoms with Gasteiger partial charge < -0.3 is 21.1 Å². The Morgan fingerprint density at radius 3 is 2.62 bits per heavy atom. The van der Waals surface area contributed by atoms with Crippen molar-refractivity contribution in [1.82, 2.24) is 5.32 Å². The summed E-state index contributed by atoms with van der Waals surface area (Å²) < 4.78 is 5.33. The van der Waals surface area contributed by atoms with Gasteiger partial charge in [0, 0.05) is 37.6 Å². The Kier molecular flexibility index (Phi) is 8.18. The van der Waals surface area contributed by atoms with Gasteiger partial charge >= 0.3 is 0 Å². The number of hydrogen-bond acceptors (Lipinski definition) is 4. The summed E-state index contributed by atoms with van der Waals surface area (Å²) in [7, 11) is 0. The third-order valence-corrected chi connectivity index (χ3v) is 4.24. The number of anilines is 1. The van der Waals surface area contributed by atoms with Crippen LogP contribution in [0, 0.1) is 5.41 Å². The number of ether oxygens (including phenoxy) is 1. The molecule has 6 nitrogen and oxygen atoms in total. The van der Waals surface area contributed by atoms with Crippen molar-refractivity contribution in [1.29, 1.82) is 0 Å². The Bertz CT molecular complexity index is 560. The minimum atomic E-state index is -0.585. The van der Waals surface area contributed by atoms with Crippen molar-refractivity contribution in [2.24, 2.45) is 11.1 Å². The van der Waals surface area contributed by atoms with Gasteiger partial charge in [-0.05, 0) is 37.5 Å². The Labute approximate surface area is 148 Å². The Morgan fingerprint density at radius 2 is 2.00 bits per heavy atom. The molecule has 0 atom stereocenters. The van der Waals surface area contributed by atoms with Gasteiger partial charge in [-0.25, -0.2) is 0 Å². The standard InChI is InChI=1S/C17H25N3O3.ClH/c1-2-8-19-15(21)13-4-3-5-14(11-13)20-16(22)17(12-18)6-9-23-10-7-17;/h3-5,11H,2,6-10,12,18H2,1H3,(H,19,21)(H,20,22);1H. The van der Waals surface area contributed by atoms with Gasteiger partial charge in [0.15, 0.2) is 0 Å². The molecule has 7 heteroatoms. The molecule has 134 valence electrons. The fourth-order valence-corrected chi connectivity index (χ4v) is 2.63. The average molecular weight is 356 g/mol. The van der Waals surface area contributed by atoms with Gasteiger partial charge in [-0.2, -0.15) is 0 Å².